The summed E-state index contributed by atoms with van der Waals surface area (Å²) in [5, 5.41) is 15.1. The van der Waals surface area contributed by atoms with Crippen molar-refractivity contribution < 1.29 is 14.3 Å². The van der Waals surface area contributed by atoms with E-state index < -0.39 is 17.8 Å². The molecule has 0 amide bonds. The second-order valence-electron chi connectivity index (χ2n) is 6.26. The number of tetrazole rings is 1. The summed E-state index contributed by atoms with van der Waals surface area (Å²) >= 11 is 15.8. The average molecular weight is 509 g/mol. The van der Waals surface area contributed by atoms with Gasteiger partial charge in [0, 0.05) is 25.6 Å². The Hall–Kier alpha value is -2.75. The smallest absolute Gasteiger partial charge is 0.355 e. The van der Waals surface area contributed by atoms with Crippen LogP contribution in [-0.4, -0.2) is 39.1 Å². The largest absolute Gasteiger partial charge is 0.464 e. The first kappa shape index (κ1) is 20.5. The van der Waals surface area contributed by atoms with Gasteiger partial charge in [-0.05, 0) is 46.8 Å². The molecule has 30 heavy (non-hydrogen) atoms. The van der Waals surface area contributed by atoms with Crippen LogP contribution in [0.3, 0.4) is 0 Å². The second kappa shape index (κ2) is 8.17. The monoisotopic (exact) mass is 507 g/mol. The van der Waals surface area contributed by atoms with Crippen LogP contribution in [0.2, 0.25) is 10.0 Å². The number of ether oxygens (including phenoxy) is 1. The molecule has 1 aliphatic rings. The summed E-state index contributed by atoms with van der Waals surface area (Å²) in [6.45, 7) is 0. The minimum Gasteiger partial charge on any atom is -0.464 e. The highest BCUT2D eigenvalue weighted by Gasteiger charge is 2.39. The molecule has 11 heteroatoms. The number of rotatable bonds is 4. The zero-order valence-electron chi connectivity index (χ0n) is 15.3. The lowest BCUT2D eigenvalue weighted by Gasteiger charge is -2.28. The highest BCUT2D eigenvalue weighted by atomic mass is 79.9. The van der Waals surface area contributed by atoms with Gasteiger partial charge in [-0.25, -0.2) is 4.79 Å². The Morgan fingerprint density at radius 3 is 2.57 bits per heavy atom. The van der Waals surface area contributed by atoms with Gasteiger partial charge in [0.05, 0.1) is 12.7 Å². The van der Waals surface area contributed by atoms with Crippen molar-refractivity contribution in [2.45, 2.75) is 6.04 Å². The van der Waals surface area contributed by atoms with Gasteiger partial charge in [0.2, 0.25) is 5.95 Å². The van der Waals surface area contributed by atoms with Crippen molar-refractivity contribution in [2.24, 2.45) is 0 Å². The number of nitrogens with one attached hydrogen (secondary N) is 1. The summed E-state index contributed by atoms with van der Waals surface area (Å²) in [4.78, 5) is 26.1. The topological polar surface area (TPSA) is 99.0 Å². The van der Waals surface area contributed by atoms with Crippen molar-refractivity contribution in [3.05, 3.63) is 79.4 Å². The van der Waals surface area contributed by atoms with Crippen LogP contribution in [0, 0.1) is 0 Å². The number of benzene rings is 2. The van der Waals surface area contributed by atoms with Crippen LogP contribution in [0.1, 0.15) is 22.0 Å². The summed E-state index contributed by atoms with van der Waals surface area (Å²) in [5.41, 5.74) is 0.887. The number of carbonyl (C=O) groups is 2. The Morgan fingerprint density at radius 1 is 1.17 bits per heavy atom. The van der Waals surface area contributed by atoms with Crippen LogP contribution in [0.25, 0.3) is 0 Å². The van der Waals surface area contributed by atoms with Crippen LogP contribution in [0.5, 0.6) is 0 Å². The zero-order chi connectivity index (χ0) is 21.4. The van der Waals surface area contributed by atoms with Crippen molar-refractivity contribution >= 4 is 56.8 Å². The Balaban J connectivity index is 1.97. The highest BCUT2D eigenvalue weighted by Crippen LogP contribution is 2.40. The molecule has 3 aromatic rings. The number of halogens is 3. The van der Waals surface area contributed by atoms with Gasteiger partial charge < -0.3 is 10.1 Å². The number of nitrogens with zero attached hydrogens (tertiary/aromatic N) is 4. The summed E-state index contributed by atoms with van der Waals surface area (Å²) in [7, 11) is 1.22. The molecule has 1 aromatic heterocycles. The Kier molecular flexibility index (Phi) is 5.59. The molecule has 1 aliphatic heterocycles. The van der Waals surface area contributed by atoms with Crippen molar-refractivity contribution in [3.63, 3.8) is 0 Å². The van der Waals surface area contributed by atoms with Crippen molar-refractivity contribution in [3.8, 4) is 0 Å². The second-order valence-corrected chi connectivity index (χ2v) is 8.02. The number of carbonyl (C=O) groups excluding carboxylic acids is 2. The van der Waals surface area contributed by atoms with E-state index in [1.165, 1.54) is 11.8 Å². The van der Waals surface area contributed by atoms with E-state index in [1.807, 2.05) is 0 Å². The summed E-state index contributed by atoms with van der Waals surface area (Å²) < 4.78 is 7.09. The molecule has 152 valence electrons. The quantitative estimate of drug-likeness (QED) is 0.419. The van der Waals surface area contributed by atoms with E-state index in [1.54, 1.807) is 42.5 Å². The number of hydrogen-bond donors (Lipinski definition) is 1. The summed E-state index contributed by atoms with van der Waals surface area (Å²) in [6.07, 6.45) is 0. The Labute approximate surface area is 188 Å². The molecule has 0 saturated carbocycles. The molecule has 8 nitrogen and oxygen atoms in total. The molecule has 1 atom stereocenters. The van der Waals surface area contributed by atoms with Gasteiger partial charge in [0.25, 0.3) is 0 Å². The van der Waals surface area contributed by atoms with E-state index in [-0.39, 0.29) is 17.2 Å². The normalized spacial score (nSPS) is 15.4. The molecule has 4 rings (SSSR count). The third-order valence-corrected chi connectivity index (χ3v) is 5.61. The minimum atomic E-state index is -0.883. The van der Waals surface area contributed by atoms with Gasteiger partial charge in [-0.2, -0.15) is 4.68 Å². The molecule has 2 heterocycles. The zero-order valence-corrected chi connectivity index (χ0v) is 18.4. The van der Waals surface area contributed by atoms with Gasteiger partial charge >= 0.3 is 5.97 Å². The van der Waals surface area contributed by atoms with Gasteiger partial charge in [-0.1, -0.05) is 50.3 Å². The summed E-state index contributed by atoms with van der Waals surface area (Å²) in [5.74, 6) is -0.980. The number of hydrogen-bond acceptors (Lipinski definition) is 7. The van der Waals surface area contributed by atoms with E-state index >= 15 is 0 Å². The maximum atomic E-state index is 13.6. The average Bonchev–Trinajstić information content (AvgIpc) is 3.21. The van der Waals surface area contributed by atoms with Crippen LogP contribution in [0.15, 0.2) is 58.2 Å². The molecule has 0 saturated heterocycles. The third kappa shape index (κ3) is 3.60. The predicted molar refractivity (Wildman–Crippen MR) is 114 cm³/mol. The van der Waals surface area contributed by atoms with Gasteiger partial charge in [0.15, 0.2) is 5.78 Å². The molecule has 0 aliphatic carbocycles. The van der Waals surface area contributed by atoms with Crippen LogP contribution in [0.4, 0.5) is 5.95 Å². The first-order valence-electron chi connectivity index (χ1n) is 8.53. The number of aromatic nitrogens is 4. The molecule has 0 radical (unpaired) electrons. The van der Waals surface area contributed by atoms with E-state index in [2.05, 4.69) is 36.8 Å². The maximum Gasteiger partial charge on any atom is 0.355 e. The first-order valence-corrected chi connectivity index (χ1v) is 10.1. The fourth-order valence-corrected chi connectivity index (χ4v) is 3.93. The van der Waals surface area contributed by atoms with E-state index in [0.717, 1.165) is 4.47 Å². The Bertz CT molecular complexity index is 1190. The minimum absolute atomic E-state index is 0.0660. The molecule has 0 fully saturated rings. The van der Waals surface area contributed by atoms with Gasteiger partial charge in [0.1, 0.15) is 11.7 Å². The number of methoxy groups -OCH3 is 1. The predicted octanol–water partition coefficient (Wildman–Crippen LogP) is 4.07. The highest BCUT2D eigenvalue weighted by molar-refractivity contribution is 9.10. The van der Waals surface area contributed by atoms with Crippen molar-refractivity contribution in [1.29, 1.82) is 0 Å². The number of esters is 1. The van der Waals surface area contributed by atoms with Gasteiger partial charge in [-0.15, -0.1) is 0 Å². The summed E-state index contributed by atoms with van der Waals surface area (Å²) in [6, 6.07) is 10.7. The van der Waals surface area contributed by atoms with Crippen LogP contribution in [-0.2, 0) is 9.53 Å². The number of anilines is 1. The van der Waals surface area contributed by atoms with Crippen molar-refractivity contribution in [2.75, 3.05) is 12.4 Å². The molecule has 0 spiro atoms. The fourth-order valence-electron chi connectivity index (χ4n) is 3.16. The maximum absolute atomic E-state index is 13.6. The molecule has 2 aromatic carbocycles. The van der Waals surface area contributed by atoms with Crippen LogP contribution < -0.4 is 5.32 Å². The first-order chi connectivity index (χ1) is 14.4. The Morgan fingerprint density at radius 2 is 1.90 bits per heavy atom. The molecular formula is C19H12BrCl2N5O3. The molecule has 1 N–H and O–H groups in total. The molecule has 0 unspecified atom stereocenters. The number of fused-ring (bicyclic) bond motifs is 1. The molecular weight excluding hydrogens is 497 g/mol. The lowest BCUT2D eigenvalue weighted by Crippen LogP contribution is -2.33. The SMILES string of the molecule is COC(=O)C1=C(C(=O)c2ccc(Br)cc2)[C@@H](c2ccc(Cl)cc2Cl)n2nnnc2N1. The van der Waals surface area contributed by atoms with E-state index in [0.29, 0.717) is 21.2 Å². The number of Topliss-reactive ketones (excluding diaryl/α,β-unsaturated/α-hetero) is 1. The van der Waals surface area contributed by atoms with E-state index in [9.17, 15) is 9.59 Å². The van der Waals surface area contributed by atoms with Gasteiger partial charge in [-0.3, -0.25) is 4.79 Å². The molecule has 0 bridgehead atoms. The third-order valence-electron chi connectivity index (χ3n) is 4.51. The lowest BCUT2D eigenvalue weighted by molar-refractivity contribution is -0.136. The van der Waals surface area contributed by atoms with E-state index in [4.69, 9.17) is 27.9 Å². The number of allylic oxidation sites excluding steroid dienone is 1. The standard InChI is InChI=1S/C19H12BrCl2N5O3/c1-30-18(29)15-14(17(28)9-2-4-10(20)5-3-9)16(27-19(23-15)24-25-26-27)12-7-6-11(21)8-13(12)22/h2-8,16H,1H3,(H,23,24,26)/t16-/m1/s1. The number of ketones is 1. The van der Waals surface area contributed by atoms with Crippen molar-refractivity contribution in [1.82, 2.24) is 20.2 Å². The van der Waals surface area contributed by atoms with Crippen LogP contribution >= 0.6 is 39.1 Å². The fraction of sp³-hybridized carbons (Fsp3) is 0.105. The lowest BCUT2D eigenvalue weighted by atomic mass is 9.89.